The molecular formula is C13H16ClN3O3. The van der Waals surface area contributed by atoms with Gasteiger partial charge in [0.25, 0.3) is 0 Å². The third-order valence-corrected chi connectivity index (χ3v) is 3.41. The zero-order chi connectivity index (χ0) is 14.5. The summed E-state index contributed by atoms with van der Waals surface area (Å²) in [6, 6.07) is 4.31. The van der Waals surface area contributed by atoms with Gasteiger partial charge in [-0.15, -0.1) is 0 Å². The number of urea groups is 1. The average Bonchev–Trinajstić information content (AvgIpc) is 2.67. The minimum Gasteiger partial charge on any atom is -0.478 e. The van der Waals surface area contributed by atoms with E-state index in [0.29, 0.717) is 13.1 Å². The van der Waals surface area contributed by atoms with Crippen molar-refractivity contribution < 1.29 is 14.7 Å². The molecule has 1 fully saturated rings. The summed E-state index contributed by atoms with van der Waals surface area (Å²) >= 11 is 5.86. The molecule has 1 aliphatic rings. The highest BCUT2D eigenvalue weighted by atomic mass is 35.5. The van der Waals surface area contributed by atoms with Crippen molar-refractivity contribution in [1.29, 1.82) is 0 Å². The van der Waals surface area contributed by atoms with Crippen molar-refractivity contribution in [2.45, 2.75) is 6.42 Å². The van der Waals surface area contributed by atoms with Crippen molar-refractivity contribution in [2.75, 3.05) is 31.5 Å². The maximum atomic E-state index is 12.2. The smallest absolute Gasteiger partial charge is 0.339 e. The molecule has 0 saturated carbocycles. The molecule has 1 saturated heterocycles. The molecule has 0 aromatic heterocycles. The fourth-order valence-corrected chi connectivity index (χ4v) is 2.34. The molecule has 2 amide bonds. The predicted molar refractivity (Wildman–Crippen MR) is 76.5 cm³/mol. The van der Waals surface area contributed by atoms with Crippen molar-refractivity contribution in [3.05, 3.63) is 28.8 Å². The first kappa shape index (κ1) is 14.6. The topological polar surface area (TPSA) is 81.7 Å². The van der Waals surface area contributed by atoms with E-state index in [1.807, 2.05) is 0 Å². The minimum atomic E-state index is -1.16. The molecule has 1 aliphatic heterocycles. The molecule has 0 aliphatic carbocycles. The first-order chi connectivity index (χ1) is 9.59. The van der Waals surface area contributed by atoms with Crippen molar-refractivity contribution >= 4 is 29.3 Å². The maximum Gasteiger partial charge on any atom is 0.339 e. The SMILES string of the molecule is O=C(O)c1c(Cl)cccc1NC(=O)N1CCCNCC1. The van der Waals surface area contributed by atoms with Crippen LogP contribution in [0.3, 0.4) is 0 Å². The zero-order valence-corrected chi connectivity index (χ0v) is 11.6. The quantitative estimate of drug-likeness (QED) is 0.778. The Bertz CT molecular complexity index is 514. The molecule has 108 valence electrons. The zero-order valence-electron chi connectivity index (χ0n) is 10.9. The van der Waals surface area contributed by atoms with Crippen molar-refractivity contribution in [2.24, 2.45) is 0 Å². The Morgan fingerprint density at radius 2 is 2.10 bits per heavy atom. The summed E-state index contributed by atoms with van der Waals surface area (Å²) in [5, 5.41) is 15.1. The van der Waals surface area contributed by atoms with E-state index in [1.165, 1.54) is 12.1 Å². The Morgan fingerprint density at radius 3 is 2.85 bits per heavy atom. The van der Waals surface area contributed by atoms with Crippen LogP contribution in [-0.2, 0) is 0 Å². The molecule has 1 aromatic carbocycles. The Hall–Kier alpha value is -1.79. The van der Waals surface area contributed by atoms with Crippen molar-refractivity contribution in [3.8, 4) is 0 Å². The van der Waals surface area contributed by atoms with E-state index < -0.39 is 5.97 Å². The van der Waals surface area contributed by atoms with Crippen LogP contribution >= 0.6 is 11.6 Å². The number of anilines is 1. The lowest BCUT2D eigenvalue weighted by molar-refractivity contribution is 0.0698. The maximum absolute atomic E-state index is 12.2. The van der Waals surface area contributed by atoms with E-state index in [-0.39, 0.29) is 22.3 Å². The van der Waals surface area contributed by atoms with Gasteiger partial charge in [0.15, 0.2) is 0 Å². The molecule has 1 heterocycles. The molecule has 0 atom stereocenters. The number of hydrogen-bond acceptors (Lipinski definition) is 3. The highest BCUT2D eigenvalue weighted by Crippen LogP contribution is 2.24. The summed E-state index contributed by atoms with van der Waals surface area (Å²) in [6.07, 6.45) is 0.870. The van der Waals surface area contributed by atoms with Crippen LogP contribution in [0.5, 0.6) is 0 Å². The van der Waals surface area contributed by atoms with Crippen molar-refractivity contribution in [3.63, 3.8) is 0 Å². The first-order valence-electron chi connectivity index (χ1n) is 6.38. The van der Waals surface area contributed by atoms with Crippen LogP contribution in [0.4, 0.5) is 10.5 Å². The number of aromatic carboxylic acids is 1. The second-order valence-corrected chi connectivity index (χ2v) is 4.90. The molecule has 0 radical (unpaired) electrons. The molecule has 0 unspecified atom stereocenters. The molecule has 1 aromatic rings. The van der Waals surface area contributed by atoms with Gasteiger partial charge in [-0.1, -0.05) is 17.7 Å². The van der Waals surface area contributed by atoms with E-state index in [9.17, 15) is 9.59 Å². The van der Waals surface area contributed by atoms with Crippen LogP contribution < -0.4 is 10.6 Å². The minimum absolute atomic E-state index is 0.0875. The standard InChI is InChI=1S/C13H16ClN3O3/c14-9-3-1-4-10(11(9)12(18)19)16-13(20)17-7-2-5-15-6-8-17/h1,3-4,15H,2,5-8H2,(H,16,20)(H,18,19). The number of carboxylic acid groups (broad SMARTS) is 1. The first-order valence-corrected chi connectivity index (χ1v) is 6.76. The number of carbonyl (C=O) groups excluding carboxylic acids is 1. The largest absolute Gasteiger partial charge is 0.478 e. The van der Waals surface area contributed by atoms with Gasteiger partial charge in [-0.2, -0.15) is 0 Å². The van der Waals surface area contributed by atoms with Crippen molar-refractivity contribution in [1.82, 2.24) is 10.2 Å². The number of carbonyl (C=O) groups is 2. The van der Waals surface area contributed by atoms with Gasteiger partial charge in [0.1, 0.15) is 5.56 Å². The van der Waals surface area contributed by atoms with Gasteiger partial charge in [-0.25, -0.2) is 9.59 Å². The van der Waals surface area contributed by atoms with Crippen LogP contribution in [0.1, 0.15) is 16.8 Å². The number of nitrogens with zero attached hydrogens (tertiary/aromatic N) is 1. The number of hydrogen-bond donors (Lipinski definition) is 3. The van der Waals surface area contributed by atoms with Gasteiger partial charge in [-0.3, -0.25) is 0 Å². The summed E-state index contributed by atoms with van der Waals surface area (Å²) in [5.74, 6) is -1.16. The number of halogens is 1. The molecule has 7 heteroatoms. The van der Waals surface area contributed by atoms with E-state index in [4.69, 9.17) is 16.7 Å². The molecule has 20 heavy (non-hydrogen) atoms. The van der Waals surface area contributed by atoms with Gasteiger partial charge < -0.3 is 20.6 Å². The van der Waals surface area contributed by atoms with Gasteiger partial charge in [0.2, 0.25) is 0 Å². The lowest BCUT2D eigenvalue weighted by atomic mass is 10.2. The third-order valence-electron chi connectivity index (χ3n) is 3.10. The predicted octanol–water partition coefficient (Wildman–Crippen LogP) is 1.87. The van der Waals surface area contributed by atoms with Gasteiger partial charge in [0, 0.05) is 19.6 Å². The van der Waals surface area contributed by atoms with Crippen LogP contribution in [0.25, 0.3) is 0 Å². The lowest BCUT2D eigenvalue weighted by Gasteiger charge is -2.21. The summed E-state index contributed by atoms with van der Waals surface area (Å²) in [4.78, 5) is 25.0. The van der Waals surface area contributed by atoms with E-state index in [1.54, 1.807) is 11.0 Å². The lowest BCUT2D eigenvalue weighted by Crippen LogP contribution is -2.37. The Labute approximate surface area is 121 Å². The van der Waals surface area contributed by atoms with E-state index in [0.717, 1.165) is 19.5 Å². The van der Waals surface area contributed by atoms with Crippen LogP contribution in [0.2, 0.25) is 5.02 Å². The van der Waals surface area contributed by atoms with E-state index in [2.05, 4.69) is 10.6 Å². The number of carboxylic acids is 1. The van der Waals surface area contributed by atoms with Crippen LogP contribution in [0, 0.1) is 0 Å². The normalized spacial score (nSPS) is 15.6. The third kappa shape index (κ3) is 3.40. The number of rotatable bonds is 2. The fourth-order valence-electron chi connectivity index (χ4n) is 2.09. The second-order valence-electron chi connectivity index (χ2n) is 4.49. The average molecular weight is 298 g/mol. The van der Waals surface area contributed by atoms with Gasteiger partial charge >= 0.3 is 12.0 Å². The Kier molecular flexibility index (Phi) is 4.81. The highest BCUT2D eigenvalue weighted by Gasteiger charge is 2.19. The second kappa shape index (κ2) is 6.58. The van der Waals surface area contributed by atoms with E-state index >= 15 is 0 Å². The molecular weight excluding hydrogens is 282 g/mol. The molecule has 2 rings (SSSR count). The highest BCUT2D eigenvalue weighted by molar-refractivity contribution is 6.34. The summed E-state index contributed by atoms with van der Waals surface area (Å²) in [5.41, 5.74) is 0.127. The molecule has 0 bridgehead atoms. The molecule has 3 N–H and O–H groups in total. The summed E-state index contributed by atoms with van der Waals surface area (Å²) in [6.45, 7) is 2.84. The monoisotopic (exact) mass is 297 g/mol. The van der Waals surface area contributed by atoms with Gasteiger partial charge in [-0.05, 0) is 25.1 Å². The summed E-state index contributed by atoms with van der Waals surface area (Å²) < 4.78 is 0. The number of nitrogens with one attached hydrogen (secondary N) is 2. The Morgan fingerprint density at radius 1 is 1.30 bits per heavy atom. The van der Waals surface area contributed by atoms with Crippen LogP contribution in [-0.4, -0.2) is 48.2 Å². The number of benzene rings is 1. The van der Waals surface area contributed by atoms with Gasteiger partial charge in [0.05, 0.1) is 10.7 Å². The fraction of sp³-hybridized carbons (Fsp3) is 0.385. The summed E-state index contributed by atoms with van der Waals surface area (Å²) in [7, 11) is 0. The van der Waals surface area contributed by atoms with Crippen LogP contribution in [0.15, 0.2) is 18.2 Å². The Balaban J connectivity index is 2.15. The molecule has 0 spiro atoms. The molecule has 6 nitrogen and oxygen atoms in total. The number of amides is 2.